The van der Waals surface area contributed by atoms with Crippen molar-refractivity contribution in [3.8, 4) is 0 Å². The molecule has 0 saturated carbocycles. The van der Waals surface area contributed by atoms with Crippen LogP contribution in [0.1, 0.15) is 13.8 Å². The van der Waals surface area contributed by atoms with Gasteiger partial charge in [-0.1, -0.05) is 82.7 Å². The Kier molecular flexibility index (Phi) is 4.54. The molecule has 1 radical (unpaired) electrons. The molecule has 0 atom stereocenters. The fourth-order valence-electron chi connectivity index (χ4n) is 2.03. The summed E-state index contributed by atoms with van der Waals surface area (Å²) in [5.74, 6) is 0. The van der Waals surface area contributed by atoms with Gasteiger partial charge in [0.25, 0.3) is 0 Å². The topological polar surface area (TPSA) is 0 Å². The molecule has 0 unspecified atom stereocenters. The highest BCUT2D eigenvalue weighted by atomic mass is 28.3. The van der Waals surface area contributed by atoms with Crippen molar-refractivity contribution in [3.63, 3.8) is 0 Å². The summed E-state index contributed by atoms with van der Waals surface area (Å²) < 4.78 is 0. The van der Waals surface area contributed by atoms with Crippen molar-refractivity contribution in [2.24, 2.45) is 0 Å². The molecule has 0 aromatic heterocycles. The monoisotopic (exact) mass is 251 g/mol. The van der Waals surface area contributed by atoms with Crippen molar-refractivity contribution in [1.29, 1.82) is 0 Å². The Labute approximate surface area is 112 Å². The Morgan fingerprint density at radius 3 is 1.72 bits per heavy atom. The van der Waals surface area contributed by atoms with E-state index < -0.39 is 8.80 Å². The Morgan fingerprint density at radius 1 is 0.889 bits per heavy atom. The lowest BCUT2D eigenvalue weighted by Gasteiger charge is -2.16. The number of hydrogen-bond donors (Lipinski definition) is 0. The van der Waals surface area contributed by atoms with E-state index in [1.807, 2.05) is 0 Å². The Hall–Kier alpha value is -1.60. The molecule has 2 aromatic rings. The average molecular weight is 251 g/mol. The number of rotatable bonds is 4. The second-order valence-corrected chi connectivity index (χ2v) is 6.99. The second-order valence-electron chi connectivity index (χ2n) is 4.52. The molecule has 0 spiro atoms. The molecule has 2 rings (SSSR count). The molecule has 0 N–H and O–H groups in total. The first-order chi connectivity index (χ1) is 8.81. The van der Waals surface area contributed by atoms with Crippen LogP contribution in [0.5, 0.6) is 0 Å². The van der Waals surface area contributed by atoms with E-state index in [9.17, 15) is 0 Å². The van der Waals surface area contributed by atoms with E-state index in [2.05, 4.69) is 80.6 Å². The predicted molar refractivity (Wildman–Crippen MR) is 82.1 cm³/mol. The number of benzene rings is 2. The van der Waals surface area contributed by atoms with Crippen molar-refractivity contribution in [2.45, 2.75) is 19.9 Å². The molecule has 0 saturated heterocycles. The maximum absolute atomic E-state index is 2.27. The quantitative estimate of drug-likeness (QED) is 0.578. The van der Waals surface area contributed by atoms with Gasteiger partial charge >= 0.3 is 0 Å². The lowest BCUT2D eigenvalue weighted by atomic mass is 10.3. The zero-order valence-electron chi connectivity index (χ0n) is 11.1. The molecular weight excluding hydrogens is 232 g/mol. The van der Waals surface area contributed by atoms with Crippen LogP contribution >= 0.6 is 0 Å². The fourth-order valence-corrected chi connectivity index (χ4v) is 4.72. The molecule has 0 fully saturated rings. The van der Waals surface area contributed by atoms with Gasteiger partial charge in [-0.05, 0) is 19.9 Å². The van der Waals surface area contributed by atoms with Gasteiger partial charge in [0, 0.05) is 0 Å². The fraction of sp³-hybridized carbons (Fsp3) is 0.176. The summed E-state index contributed by atoms with van der Waals surface area (Å²) in [7, 11) is -0.679. The maximum atomic E-state index is 2.27. The standard InChI is InChI=1S/C17H19Si/c1-3-15(2)14-18(16-10-6-4-7-11-16)17-12-8-5-9-13-17/h3-13H,14H2,1-2H3/b15-3+. The molecule has 0 aliphatic carbocycles. The van der Waals surface area contributed by atoms with Gasteiger partial charge in [0.2, 0.25) is 0 Å². The smallest absolute Gasteiger partial charge is 0.0890 e. The third-order valence-corrected chi connectivity index (χ3v) is 6.16. The van der Waals surface area contributed by atoms with Gasteiger partial charge in [0.15, 0.2) is 0 Å². The van der Waals surface area contributed by atoms with Crippen LogP contribution in [0.2, 0.25) is 6.04 Å². The highest BCUT2D eigenvalue weighted by Crippen LogP contribution is 2.06. The van der Waals surface area contributed by atoms with Crippen molar-refractivity contribution < 1.29 is 0 Å². The van der Waals surface area contributed by atoms with Gasteiger partial charge in [-0.15, -0.1) is 0 Å². The van der Waals surface area contributed by atoms with Crippen molar-refractivity contribution in [1.82, 2.24) is 0 Å². The van der Waals surface area contributed by atoms with Gasteiger partial charge in [0.05, 0.1) is 0 Å². The summed E-state index contributed by atoms with van der Waals surface area (Å²) in [5.41, 5.74) is 1.48. The van der Waals surface area contributed by atoms with Gasteiger partial charge in [-0.3, -0.25) is 0 Å². The lowest BCUT2D eigenvalue weighted by molar-refractivity contribution is 1.34. The number of allylic oxidation sites excluding steroid dienone is 2. The van der Waals surface area contributed by atoms with Crippen LogP contribution in [0.4, 0.5) is 0 Å². The molecular formula is C17H19Si. The van der Waals surface area contributed by atoms with E-state index in [4.69, 9.17) is 0 Å². The van der Waals surface area contributed by atoms with Crippen LogP contribution in [0.15, 0.2) is 72.3 Å². The van der Waals surface area contributed by atoms with Crippen molar-refractivity contribution in [2.75, 3.05) is 0 Å². The van der Waals surface area contributed by atoms with E-state index in [1.165, 1.54) is 22.0 Å². The third-order valence-electron chi connectivity index (χ3n) is 3.19. The van der Waals surface area contributed by atoms with Gasteiger partial charge in [0.1, 0.15) is 8.80 Å². The minimum atomic E-state index is -0.679. The van der Waals surface area contributed by atoms with Crippen LogP contribution in [0, 0.1) is 0 Å². The summed E-state index contributed by atoms with van der Waals surface area (Å²) in [5, 5.41) is 2.99. The summed E-state index contributed by atoms with van der Waals surface area (Å²) in [6.07, 6.45) is 2.23. The summed E-state index contributed by atoms with van der Waals surface area (Å²) in [6, 6.07) is 23.0. The highest BCUT2D eigenvalue weighted by Gasteiger charge is 2.16. The normalized spacial score (nSPS) is 11.8. The zero-order valence-corrected chi connectivity index (χ0v) is 12.1. The molecule has 0 aliphatic heterocycles. The van der Waals surface area contributed by atoms with Crippen LogP contribution < -0.4 is 10.4 Å². The first kappa shape index (κ1) is 12.8. The Bertz CT molecular complexity index is 460. The molecule has 2 aromatic carbocycles. The van der Waals surface area contributed by atoms with Gasteiger partial charge < -0.3 is 0 Å². The molecule has 0 aliphatic rings. The van der Waals surface area contributed by atoms with E-state index >= 15 is 0 Å². The second kappa shape index (κ2) is 6.36. The van der Waals surface area contributed by atoms with Gasteiger partial charge in [-0.25, -0.2) is 0 Å². The maximum Gasteiger partial charge on any atom is 0.125 e. The minimum absolute atomic E-state index is 0.679. The minimum Gasteiger partial charge on any atom is -0.0890 e. The molecule has 91 valence electrons. The van der Waals surface area contributed by atoms with Crippen molar-refractivity contribution >= 4 is 19.2 Å². The van der Waals surface area contributed by atoms with Gasteiger partial charge in [-0.2, -0.15) is 0 Å². The van der Waals surface area contributed by atoms with Crippen molar-refractivity contribution in [3.05, 3.63) is 72.3 Å². The molecule has 0 bridgehead atoms. The van der Waals surface area contributed by atoms with Crippen LogP contribution in [0.25, 0.3) is 0 Å². The summed E-state index contributed by atoms with van der Waals surface area (Å²) >= 11 is 0. The number of hydrogen-bond acceptors (Lipinski definition) is 0. The van der Waals surface area contributed by atoms with Crippen LogP contribution in [-0.2, 0) is 0 Å². The first-order valence-electron chi connectivity index (χ1n) is 6.39. The third kappa shape index (κ3) is 3.20. The first-order valence-corrected chi connectivity index (χ1v) is 8.10. The highest BCUT2D eigenvalue weighted by molar-refractivity contribution is 6.85. The van der Waals surface area contributed by atoms with E-state index in [0.717, 1.165) is 0 Å². The largest absolute Gasteiger partial charge is 0.125 e. The Balaban J connectivity index is 2.35. The zero-order chi connectivity index (χ0) is 12.8. The van der Waals surface area contributed by atoms with E-state index in [-0.39, 0.29) is 0 Å². The van der Waals surface area contributed by atoms with E-state index in [1.54, 1.807) is 0 Å². The predicted octanol–water partition coefficient (Wildman–Crippen LogP) is 3.26. The Morgan fingerprint density at radius 2 is 1.33 bits per heavy atom. The average Bonchev–Trinajstić information content (AvgIpc) is 2.46. The summed E-state index contributed by atoms with van der Waals surface area (Å²) in [6.45, 7) is 4.36. The van der Waals surface area contributed by atoms with Crippen LogP contribution in [0.3, 0.4) is 0 Å². The lowest BCUT2D eigenvalue weighted by Crippen LogP contribution is -2.41. The summed E-state index contributed by atoms with van der Waals surface area (Å²) in [4.78, 5) is 0. The SMILES string of the molecule is C/C=C(\C)C[Si](c1ccccc1)c1ccccc1. The molecule has 0 heterocycles. The molecule has 18 heavy (non-hydrogen) atoms. The molecule has 1 heteroatoms. The van der Waals surface area contributed by atoms with Crippen LogP contribution in [-0.4, -0.2) is 8.80 Å². The molecule has 0 nitrogen and oxygen atoms in total. The van der Waals surface area contributed by atoms with E-state index in [0.29, 0.717) is 0 Å². The molecule has 0 amide bonds.